The predicted octanol–water partition coefficient (Wildman–Crippen LogP) is 6.11. The van der Waals surface area contributed by atoms with E-state index in [2.05, 4.69) is 4.98 Å². The van der Waals surface area contributed by atoms with Gasteiger partial charge in [-0.1, -0.05) is 26.8 Å². The highest BCUT2D eigenvalue weighted by Crippen LogP contribution is 2.39. The third-order valence-corrected chi connectivity index (χ3v) is 3.84. The van der Waals surface area contributed by atoms with E-state index in [1.54, 1.807) is 0 Å². The van der Waals surface area contributed by atoms with Crippen LogP contribution in [-0.2, 0) is 6.18 Å². The lowest BCUT2D eigenvalue weighted by Crippen LogP contribution is -2.14. The van der Waals surface area contributed by atoms with Gasteiger partial charge in [-0.15, -0.1) is 0 Å². The molecule has 0 aliphatic rings. The first-order valence-corrected chi connectivity index (χ1v) is 8.24. The van der Waals surface area contributed by atoms with Crippen LogP contribution in [0.4, 0.5) is 22.0 Å². The molecule has 0 aliphatic carbocycles. The van der Waals surface area contributed by atoms with Gasteiger partial charge in [-0.05, 0) is 42.0 Å². The lowest BCUT2D eigenvalue weighted by atomic mass is 9.99. The quantitative estimate of drug-likeness (QED) is 0.450. The van der Waals surface area contributed by atoms with Gasteiger partial charge in [0.15, 0.2) is 5.82 Å². The predicted molar refractivity (Wildman–Crippen MR) is 88.7 cm³/mol. The van der Waals surface area contributed by atoms with E-state index in [0.29, 0.717) is 5.92 Å². The van der Waals surface area contributed by atoms with Crippen molar-refractivity contribution in [1.29, 1.82) is 0 Å². The molecular formula is C19H20F5NO. The summed E-state index contributed by atoms with van der Waals surface area (Å²) in [7, 11) is 0. The van der Waals surface area contributed by atoms with Gasteiger partial charge in [0.1, 0.15) is 5.75 Å². The molecule has 1 heterocycles. The van der Waals surface area contributed by atoms with Crippen molar-refractivity contribution in [2.75, 3.05) is 6.61 Å². The second-order valence-corrected chi connectivity index (χ2v) is 6.72. The van der Waals surface area contributed by atoms with Gasteiger partial charge >= 0.3 is 6.18 Å². The SMILES string of the molecule is CC(C)C[C@H](C)COc1ccc(-c2ccnc(F)c2F)cc1C(F)(F)F. The van der Waals surface area contributed by atoms with E-state index in [1.807, 2.05) is 20.8 Å². The standard InChI is InChI=1S/C19H20F5NO/c1-11(2)8-12(3)10-26-16-5-4-13(9-15(16)19(22,23)24)14-6-7-25-18(21)17(14)20/h4-7,9,11-12H,8,10H2,1-3H3/t12-/m0/s1. The van der Waals surface area contributed by atoms with Crippen molar-refractivity contribution in [3.05, 3.63) is 47.8 Å². The molecule has 2 rings (SSSR count). The van der Waals surface area contributed by atoms with Gasteiger partial charge in [-0.25, -0.2) is 9.37 Å². The Morgan fingerprint density at radius 3 is 2.38 bits per heavy atom. The molecule has 0 bridgehead atoms. The van der Waals surface area contributed by atoms with Crippen molar-refractivity contribution in [2.24, 2.45) is 11.8 Å². The number of hydrogen-bond donors (Lipinski definition) is 0. The zero-order valence-electron chi connectivity index (χ0n) is 14.7. The zero-order chi connectivity index (χ0) is 19.5. The topological polar surface area (TPSA) is 22.1 Å². The molecule has 2 aromatic rings. The van der Waals surface area contributed by atoms with Gasteiger partial charge in [0.05, 0.1) is 12.2 Å². The molecular weight excluding hydrogens is 353 g/mol. The van der Waals surface area contributed by atoms with E-state index in [-0.39, 0.29) is 29.4 Å². The van der Waals surface area contributed by atoms with Crippen molar-refractivity contribution in [1.82, 2.24) is 4.98 Å². The summed E-state index contributed by atoms with van der Waals surface area (Å²) in [5, 5.41) is 0. The molecule has 0 radical (unpaired) electrons. The van der Waals surface area contributed by atoms with E-state index in [1.165, 1.54) is 6.07 Å². The van der Waals surface area contributed by atoms with E-state index >= 15 is 0 Å². The number of halogens is 5. The maximum atomic E-state index is 13.8. The first kappa shape index (κ1) is 20.1. The Morgan fingerprint density at radius 1 is 1.08 bits per heavy atom. The Labute approximate surface area is 149 Å². The molecule has 0 aliphatic heterocycles. The molecule has 0 fully saturated rings. The lowest BCUT2D eigenvalue weighted by molar-refractivity contribution is -0.139. The molecule has 1 atom stereocenters. The second-order valence-electron chi connectivity index (χ2n) is 6.72. The molecule has 26 heavy (non-hydrogen) atoms. The molecule has 0 unspecified atom stereocenters. The van der Waals surface area contributed by atoms with E-state index < -0.39 is 23.5 Å². The summed E-state index contributed by atoms with van der Waals surface area (Å²) in [5.74, 6) is -2.49. The van der Waals surface area contributed by atoms with Gasteiger partial charge in [0.25, 0.3) is 0 Å². The van der Waals surface area contributed by atoms with Crippen LogP contribution in [0.1, 0.15) is 32.8 Å². The summed E-state index contributed by atoms with van der Waals surface area (Å²) in [6.07, 6.45) is -2.87. The minimum absolute atomic E-state index is 0.0856. The fourth-order valence-corrected chi connectivity index (χ4v) is 2.79. The number of benzene rings is 1. The van der Waals surface area contributed by atoms with Crippen molar-refractivity contribution in [3.63, 3.8) is 0 Å². The van der Waals surface area contributed by atoms with Crippen molar-refractivity contribution >= 4 is 0 Å². The number of rotatable bonds is 6. The molecule has 1 aromatic carbocycles. The number of nitrogens with zero attached hydrogens (tertiary/aromatic N) is 1. The molecule has 0 saturated carbocycles. The Bertz CT molecular complexity index is 758. The van der Waals surface area contributed by atoms with Crippen LogP contribution in [0.5, 0.6) is 5.75 Å². The summed E-state index contributed by atoms with van der Waals surface area (Å²) >= 11 is 0. The highest BCUT2D eigenvalue weighted by atomic mass is 19.4. The largest absolute Gasteiger partial charge is 0.493 e. The molecule has 0 amide bonds. The summed E-state index contributed by atoms with van der Waals surface area (Å²) in [5.41, 5.74) is -1.41. The Balaban J connectivity index is 2.35. The zero-order valence-corrected chi connectivity index (χ0v) is 14.7. The Morgan fingerprint density at radius 2 is 1.77 bits per heavy atom. The molecule has 1 aromatic heterocycles. The maximum Gasteiger partial charge on any atom is 0.419 e. The molecule has 7 heteroatoms. The molecule has 0 saturated heterocycles. The van der Waals surface area contributed by atoms with Crippen LogP contribution in [0.3, 0.4) is 0 Å². The first-order chi connectivity index (χ1) is 12.1. The number of aromatic nitrogens is 1. The summed E-state index contributed by atoms with van der Waals surface area (Å²) < 4.78 is 72.7. The number of pyridine rings is 1. The fraction of sp³-hybridized carbons (Fsp3) is 0.421. The van der Waals surface area contributed by atoms with E-state index in [9.17, 15) is 22.0 Å². The smallest absolute Gasteiger partial charge is 0.419 e. The van der Waals surface area contributed by atoms with Crippen LogP contribution in [0, 0.1) is 23.6 Å². The minimum Gasteiger partial charge on any atom is -0.493 e. The van der Waals surface area contributed by atoms with Gasteiger partial charge in [-0.3, -0.25) is 0 Å². The van der Waals surface area contributed by atoms with Crippen molar-refractivity contribution in [3.8, 4) is 16.9 Å². The fourth-order valence-electron chi connectivity index (χ4n) is 2.79. The highest BCUT2D eigenvalue weighted by molar-refractivity contribution is 5.66. The average molecular weight is 373 g/mol. The molecule has 0 N–H and O–H groups in total. The van der Waals surface area contributed by atoms with Crippen LogP contribution in [-0.4, -0.2) is 11.6 Å². The van der Waals surface area contributed by atoms with Crippen LogP contribution >= 0.6 is 0 Å². The summed E-state index contributed by atoms with van der Waals surface area (Å²) in [6, 6.07) is 4.30. The molecule has 2 nitrogen and oxygen atoms in total. The summed E-state index contributed by atoms with van der Waals surface area (Å²) in [6.45, 7) is 6.08. The van der Waals surface area contributed by atoms with Gasteiger partial charge in [0.2, 0.25) is 5.95 Å². The molecule has 0 spiro atoms. The third kappa shape index (κ3) is 4.93. The Kier molecular flexibility index (Phi) is 6.21. The van der Waals surface area contributed by atoms with Gasteiger partial charge in [-0.2, -0.15) is 17.6 Å². The Hall–Kier alpha value is -2.18. The van der Waals surface area contributed by atoms with Crippen LogP contribution in [0.15, 0.2) is 30.5 Å². The first-order valence-electron chi connectivity index (χ1n) is 8.24. The normalized spacial score (nSPS) is 13.1. The van der Waals surface area contributed by atoms with E-state index in [4.69, 9.17) is 4.74 Å². The van der Waals surface area contributed by atoms with Gasteiger partial charge in [0, 0.05) is 11.8 Å². The lowest BCUT2D eigenvalue weighted by Gasteiger charge is -2.19. The van der Waals surface area contributed by atoms with Crippen LogP contribution < -0.4 is 4.74 Å². The second kappa shape index (κ2) is 8.01. The number of ether oxygens (including phenoxy) is 1. The highest BCUT2D eigenvalue weighted by Gasteiger charge is 2.35. The number of alkyl halides is 3. The van der Waals surface area contributed by atoms with Crippen molar-refractivity contribution in [2.45, 2.75) is 33.4 Å². The summed E-state index contributed by atoms with van der Waals surface area (Å²) in [4.78, 5) is 3.14. The van der Waals surface area contributed by atoms with Crippen LogP contribution in [0.25, 0.3) is 11.1 Å². The van der Waals surface area contributed by atoms with Crippen LogP contribution in [0.2, 0.25) is 0 Å². The third-order valence-electron chi connectivity index (χ3n) is 3.84. The van der Waals surface area contributed by atoms with E-state index in [0.717, 1.165) is 30.8 Å². The average Bonchev–Trinajstić information content (AvgIpc) is 2.54. The maximum absolute atomic E-state index is 13.8. The monoisotopic (exact) mass is 373 g/mol. The van der Waals surface area contributed by atoms with Gasteiger partial charge < -0.3 is 4.74 Å². The molecule has 142 valence electrons. The minimum atomic E-state index is -4.69. The number of hydrogen-bond acceptors (Lipinski definition) is 2. The van der Waals surface area contributed by atoms with Crippen molar-refractivity contribution < 1.29 is 26.7 Å².